The molecule has 0 radical (unpaired) electrons. The van der Waals surface area contributed by atoms with Gasteiger partial charge in [-0.25, -0.2) is 0 Å². The fraction of sp³-hybridized carbons (Fsp3) is 0.917. The molecule has 0 spiro atoms. The van der Waals surface area contributed by atoms with Crippen LogP contribution in [0.5, 0.6) is 0 Å². The van der Waals surface area contributed by atoms with Gasteiger partial charge in [-0.2, -0.15) is 8.42 Å². The van der Waals surface area contributed by atoms with Crippen molar-refractivity contribution in [1.82, 2.24) is 0 Å². The first-order valence-electron chi connectivity index (χ1n) is 6.44. The molecule has 1 unspecified atom stereocenters. The molecule has 2 N–H and O–H groups in total. The molecule has 0 aromatic carbocycles. The zero-order valence-electron chi connectivity index (χ0n) is 13.3. The fourth-order valence-corrected chi connectivity index (χ4v) is 3.88. The maximum atomic E-state index is 11.3. The topological polar surface area (TPSA) is 91.7 Å². The van der Waals surface area contributed by atoms with Crippen LogP contribution >= 0.6 is 0 Å². The molecule has 0 bridgehead atoms. The molecule has 110 valence electrons. The summed E-state index contributed by atoms with van der Waals surface area (Å²) in [5, 5.41) is 7.40. The van der Waals surface area contributed by atoms with Crippen LogP contribution in [0.2, 0.25) is 0 Å². The molecule has 0 rings (SSSR count). The SMILES string of the molecule is CCCCCC(CC)(CC)C(C(=O)O)S(=O)(=O)O.[H-].[Na+]. The number of rotatable bonds is 9. The van der Waals surface area contributed by atoms with Crippen molar-refractivity contribution < 1.29 is 53.9 Å². The zero-order valence-corrected chi connectivity index (χ0v) is 15.2. The summed E-state index contributed by atoms with van der Waals surface area (Å²) in [6, 6.07) is 0. The molecule has 0 amide bonds. The molecule has 19 heavy (non-hydrogen) atoms. The van der Waals surface area contributed by atoms with Crippen molar-refractivity contribution in [2.45, 2.75) is 64.5 Å². The summed E-state index contributed by atoms with van der Waals surface area (Å²) < 4.78 is 31.9. The largest absolute Gasteiger partial charge is 1.00 e. The summed E-state index contributed by atoms with van der Waals surface area (Å²) in [5.41, 5.74) is -0.880. The number of hydrogen-bond acceptors (Lipinski definition) is 3. The van der Waals surface area contributed by atoms with Gasteiger partial charge in [0.2, 0.25) is 0 Å². The van der Waals surface area contributed by atoms with Crippen molar-refractivity contribution in [3.8, 4) is 0 Å². The molecule has 0 aromatic rings. The minimum atomic E-state index is -4.58. The normalized spacial score (nSPS) is 13.7. The van der Waals surface area contributed by atoms with Crippen molar-refractivity contribution >= 4 is 16.1 Å². The summed E-state index contributed by atoms with van der Waals surface area (Å²) in [5.74, 6) is -1.46. The van der Waals surface area contributed by atoms with Crippen molar-refractivity contribution in [3.05, 3.63) is 0 Å². The summed E-state index contributed by atoms with van der Waals surface area (Å²) in [7, 11) is -4.58. The Labute approximate surface area is 139 Å². The van der Waals surface area contributed by atoms with E-state index in [1.165, 1.54) is 0 Å². The molecule has 0 saturated heterocycles. The van der Waals surface area contributed by atoms with Gasteiger partial charge in [0, 0.05) is 0 Å². The van der Waals surface area contributed by atoms with E-state index in [1.54, 1.807) is 13.8 Å². The average molecular weight is 304 g/mol. The van der Waals surface area contributed by atoms with Gasteiger partial charge >= 0.3 is 35.5 Å². The van der Waals surface area contributed by atoms with Crippen LogP contribution in [0, 0.1) is 5.41 Å². The van der Waals surface area contributed by atoms with Gasteiger partial charge in [0.05, 0.1) is 0 Å². The molecular formula is C12H25NaO5S. The van der Waals surface area contributed by atoms with Crippen LogP contribution in [0.15, 0.2) is 0 Å². The van der Waals surface area contributed by atoms with Crippen molar-refractivity contribution in [2.75, 3.05) is 0 Å². The summed E-state index contributed by atoms with van der Waals surface area (Å²) in [4.78, 5) is 11.2. The Morgan fingerprint density at radius 3 is 1.95 bits per heavy atom. The second-order valence-corrected chi connectivity index (χ2v) is 6.26. The molecule has 0 heterocycles. The molecule has 0 aliphatic heterocycles. The second kappa shape index (κ2) is 9.34. The zero-order chi connectivity index (χ0) is 14.4. The van der Waals surface area contributed by atoms with Gasteiger partial charge < -0.3 is 6.53 Å². The molecule has 0 aliphatic carbocycles. The van der Waals surface area contributed by atoms with Crippen molar-refractivity contribution in [1.29, 1.82) is 0 Å². The van der Waals surface area contributed by atoms with Gasteiger partial charge in [-0.3, -0.25) is 9.35 Å². The first-order chi connectivity index (χ1) is 8.25. The van der Waals surface area contributed by atoms with Crippen LogP contribution in [0.4, 0.5) is 0 Å². The molecule has 0 saturated carbocycles. The van der Waals surface area contributed by atoms with Crippen molar-refractivity contribution in [2.24, 2.45) is 5.41 Å². The van der Waals surface area contributed by atoms with E-state index in [2.05, 4.69) is 0 Å². The first kappa shape index (κ1) is 21.7. The maximum Gasteiger partial charge on any atom is 1.00 e. The van der Waals surface area contributed by atoms with Gasteiger partial charge in [0.15, 0.2) is 5.25 Å². The predicted octanol–water partition coefficient (Wildman–Crippen LogP) is -0.169. The molecule has 1 atom stereocenters. The number of carboxylic acids is 1. The van der Waals surface area contributed by atoms with E-state index >= 15 is 0 Å². The average Bonchev–Trinajstić information content (AvgIpc) is 2.25. The third kappa shape index (κ3) is 6.12. The number of carboxylic acid groups (broad SMARTS) is 1. The summed E-state index contributed by atoms with van der Waals surface area (Å²) >= 11 is 0. The third-order valence-corrected chi connectivity index (χ3v) is 5.06. The van der Waals surface area contributed by atoms with E-state index in [1.807, 2.05) is 6.92 Å². The minimum absolute atomic E-state index is 0. The molecular weight excluding hydrogens is 279 g/mol. The Morgan fingerprint density at radius 2 is 1.68 bits per heavy atom. The van der Waals surface area contributed by atoms with E-state index in [-0.39, 0.29) is 31.0 Å². The molecule has 7 heteroatoms. The van der Waals surface area contributed by atoms with Crippen LogP contribution in [-0.2, 0) is 14.9 Å². The Bertz CT molecular complexity index is 368. The van der Waals surface area contributed by atoms with Crippen LogP contribution in [-0.4, -0.2) is 29.3 Å². The van der Waals surface area contributed by atoms with Gasteiger partial charge in [0.1, 0.15) is 0 Å². The van der Waals surface area contributed by atoms with E-state index in [4.69, 9.17) is 5.11 Å². The fourth-order valence-electron chi connectivity index (χ4n) is 2.54. The molecule has 0 fully saturated rings. The predicted molar refractivity (Wildman–Crippen MR) is 71.2 cm³/mol. The minimum Gasteiger partial charge on any atom is -1.00 e. The van der Waals surface area contributed by atoms with Gasteiger partial charge in [0.25, 0.3) is 10.1 Å². The van der Waals surface area contributed by atoms with Gasteiger partial charge in [-0.05, 0) is 24.7 Å². The van der Waals surface area contributed by atoms with Crippen LogP contribution < -0.4 is 29.6 Å². The molecule has 0 aromatic heterocycles. The monoisotopic (exact) mass is 304 g/mol. The smallest absolute Gasteiger partial charge is 1.00 e. The van der Waals surface area contributed by atoms with E-state index in [9.17, 15) is 17.8 Å². The van der Waals surface area contributed by atoms with E-state index in [0.29, 0.717) is 19.3 Å². The van der Waals surface area contributed by atoms with Crippen LogP contribution in [0.25, 0.3) is 0 Å². The van der Waals surface area contributed by atoms with E-state index < -0.39 is 26.8 Å². The number of hydrogen-bond donors (Lipinski definition) is 2. The van der Waals surface area contributed by atoms with E-state index in [0.717, 1.165) is 19.3 Å². The Kier molecular flexibility index (Phi) is 10.7. The Balaban J connectivity index is -0.00000144. The molecule has 5 nitrogen and oxygen atoms in total. The van der Waals surface area contributed by atoms with Gasteiger partial charge in [-0.1, -0.05) is 40.0 Å². The number of carbonyl (C=O) groups is 1. The number of aliphatic carboxylic acids is 1. The maximum absolute atomic E-state index is 11.3. The van der Waals surface area contributed by atoms with Crippen molar-refractivity contribution in [3.63, 3.8) is 0 Å². The summed E-state index contributed by atoms with van der Waals surface area (Å²) in [6.07, 6.45) is 4.03. The standard InChI is InChI=1S/C12H24O5S.Na.H/c1-4-7-8-9-12(5-2,6-3)10(11(13)14)18(15,16)17;;/h10H,4-9H2,1-3H3,(H,13,14)(H,15,16,17);;/q;+1;-1. The Morgan fingerprint density at radius 1 is 1.21 bits per heavy atom. The summed E-state index contributed by atoms with van der Waals surface area (Å²) in [6.45, 7) is 5.57. The molecule has 0 aliphatic rings. The van der Waals surface area contributed by atoms with Crippen LogP contribution in [0.3, 0.4) is 0 Å². The van der Waals surface area contributed by atoms with Crippen LogP contribution in [0.1, 0.15) is 60.7 Å². The number of unbranched alkanes of at least 4 members (excludes halogenated alkanes) is 2. The Hall–Kier alpha value is 0.380. The second-order valence-electron chi connectivity index (χ2n) is 4.76. The third-order valence-electron chi connectivity index (χ3n) is 3.76. The van der Waals surface area contributed by atoms with Gasteiger partial charge in [-0.15, -0.1) is 0 Å². The first-order valence-corrected chi connectivity index (χ1v) is 7.94. The quantitative estimate of drug-likeness (QED) is 0.350.